The smallest absolute Gasteiger partial charge is 0.418 e. The zero-order valence-corrected chi connectivity index (χ0v) is 15.5. The van der Waals surface area contributed by atoms with Gasteiger partial charge in [0.05, 0.1) is 13.2 Å². The highest BCUT2D eigenvalue weighted by Crippen LogP contribution is 2.49. The van der Waals surface area contributed by atoms with Crippen LogP contribution in [-0.4, -0.2) is 17.0 Å². The molecule has 1 aromatic heterocycles. The molecule has 0 aliphatic rings. The van der Waals surface area contributed by atoms with E-state index in [2.05, 4.69) is 0 Å². The number of nitrogens with zero attached hydrogens (tertiary/aromatic N) is 1. The predicted molar refractivity (Wildman–Crippen MR) is 101 cm³/mol. The van der Waals surface area contributed by atoms with Crippen molar-refractivity contribution in [2.24, 2.45) is 0 Å². The van der Waals surface area contributed by atoms with Gasteiger partial charge in [-0.15, -0.1) is 0 Å². The van der Waals surface area contributed by atoms with E-state index in [0.717, 1.165) is 11.1 Å². The van der Waals surface area contributed by atoms with Crippen molar-refractivity contribution in [1.29, 1.82) is 0 Å². The minimum Gasteiger partial charge on any atom is -0.436 e. The van der Waals surface area contributed by atoms with E-state index >= 15 is 0 Å². The number of ether oxygens (including phenoxy) is 1. The second-order valence-corrected chi connectivity index (χ2v) is 7.76. The van der Waals surface area contributed by atoms with Crippen LogP contribution in [0.4, 0.5) is 4.79 Å². The average Bonchev–Trinajstić information content (AvgIpc) is 3.26. The number of rotatable bonds is 8. The van der Waals surface area contributed by atoms with Crippen LogP contribution in [0.2, 0.25) is 0 Å². The minimum atomic E-state index is -3.66. The highest BCUT2D eigenvalue weighted by Gasteiger charge is 2.28. The molecule has 6 nitrogen and oxygen atoms in total. The number of aromatic nitrogens is 1. The van der Waals surface area contributed by atoms with E-state index in [0.29, 0.717) is 0 Å². The van der Waals surface area contributed by atoms with E-state index in [1.165, 1.54) is 4.57 Å². The molecule has 0 fully saturated rings. The van der Waals surface area contributed by atoms with Gasteiger partial charge in [0.15, 0.2) is 6.35 Å². The van der Waals surface area contributed by atoms with Crippen molar-refractivity contribution in [2.45, 2.75) is 13.2 Å². The van der Waals surface area contributed by atoms with Crippen LogP contribution in [0.1, 0.15) is 11.1 Å². The van der Waals surface area contributed by atoms with Crippen molar-refractivity contribution in [2.75, 3.05) is 6.35 Å². The van der Waals surface area contributed by atoms with Gasteiger partial charge in [0.2, 0.25) is 0 Å². The molecule has 7 heteroatoms. The van der Waals surface area contributed by atoms with E-state index < -0.39 is 20.0 Å². The van der Waals surface area contributed by atoms with E-state index in [1.807, 2.05) is 60.7 Å². The van der Waals surface area contributed by atoms with Gasteiger partial charge in [0.1, 0.15) is 0 Å². The van der Waals surface area contributed by atoms with Crippen LogP contribution in [0.15, 0.2) is 85.2 Å². The second kappa shape index (κ2) is 9.33. The highest BCUT2D eigenvalue weighted by atomic mass is 31.2. The van der Waals surface area contributed by atoms with E-state index in [4.69, 9.17) is 13.8 Å². The zero-order chi connectivity index (χ0) is 19.0. The fourth-order valence-corrected chi connectivity index (χ4v) is 3.45. The van der Waals surface area contributed by atoms with E-state index in [9.17, 15) is 9.36 Å². The Labute approximate surface area is 157 Å². The molecule has 0 radical (unpaired) electrons. The summed E-state index contributed by atoms with van der Waals surface area (Å²) < 4.78 is 30.6. The first-order chi connectivity index (χ1) is 13.1. The molecule has 0 N–H and O–H groups in total. The minimum absolute atomic E-state index is 0.0912. The third kappa shape index (κ3) is 5.93. The van der Waals surface area contributed by atoms with Crippen LogP contribution >= 0.6 is 7.60 Å². The van der Waals surface area contributed by atoms with Gasteiger partial charge in [-0.05, 0) is 23.3 Å². The summed E-state index contributed by atoms with van der Waals surface area (Å²) in [6.45, 7) is 0.182. The summed E-state index contributed by atoms with van der Waals surface area (Å²) in [4.78, 5) is 12.0. The molecule has 0 unspecified atom stereocenters. The first-order valence-electron chi connectivity index (χ1n) is 8.41. The molecule has 0 amide bonds. The molecule has 0 atom stereocenters. The fourth-order valence-electron chi connectivity index (χ4n) is 2.27. The molecule has 27 heavy (non-hydrogen) atoms. The van der Waals surface area contributed by atoms with Gasteiger partial charge < -0.3 is 13.8 Å². The third-order valence-electron chi connectivity index (χ3n) is 3.70. The molecule has 0 aliphatic heterocycles. The molecule has 0 saturated carbocycles. The van der Waals surface area contributed by atoms with Crippen molar-refractivity contribution in [1.82, 2.24) is 4.57 Å². The topological polar surface area (TPSA) is 66.8 Å². The monoisotopic (exact) mass is 385 g/mol. The van der Waals surface area contributed by atoms with Crippen LogP contribution < -0.4 is 0 Å². The number of benzene rings is 2. The van der Waals surface area contributed by atoms with Crippen molar-refractivity contribution < 1.29 is 23.1 Å². The first-order valence-corrected chi connectivity index (χ1v) is 10.1. The van der Waals surface area contributed by atoms with Gasteiger partial charge in [0, 0.05) is 12.4 Å². The maximum Gasteiger partial charge on any atom is 0.418 e. The summed E-state index contributed by atoms with van der Waals surface area (Å²) in [7, 11) is -3.66. The SMILES string of the molecule is O=C(OCP(=O)(OCc1ccccc1)OCc1ccccc1)n1cccc1. The van der Waals surface area contributed by atoms with Crippen LogP contribution in [0.25, 0.3) is 0 Å². The maximum atomic E-state index is 13.1. The van der Waals surface area contributed by atoms with E-state index in [-0.39, 0.29) is 13.2 Å². The summed E-state index contributed by atoms with van der Waals surface area (Å²) in [5.41, 5.74) is 1.69. The Morgan fingerprint density at radius 3 is 1.74 bits per heavy atom. The number of carbonyl (C=O) groups is 1. The van der Waals surface area contributed by atoms with Crippen LogP contribution in [0, 0.1) is 0 Å². The Kier molecular flexibility index (Phi) is 6.60. The molecule has 3 aromatic rings. The molecular weight excluding hydrogens is 365 g/mol. The Morgan fingerprint density at radius 2 is 1.26 bits per heavy atom. The summed E-state index contributed by atoms with van der Waals surface area (Å²) in [5, 5.41) is 0. The number of hydrogen-bond acceptors (Lipinski definition) is 5. The zero-order valence-electron chi connectivity index (χ0n) is 14.6. The van der Waals surface area contributed by atoms with Gasteiger partial charge >= 0.3 is 13.7 Å². The third-order valence-corrected chi connectivity index (χ3v) is 5.19. The summed E-state index contributed by atoms with van der Waals surface area (Å²) in [6.07, 6.45) is 1.97. The van der Waals surface area contributed by atoms with Crippen molar-refractivity contribution in [3.8, 4) is 0 Å². The molecule has 0 aliphatic carbocycles. The van der Waals surface area contributed by atoms with Crippen molar-refractivity contribution in [3.05, 3.63) is 96.3 Å². The molecule has 2 aromatic carbocycles. The van der Waals surface area contributed by atoms with Crippen molar-refractivity contribution >= 4 is 13.7 Å². The lowest BCUT2D eigenvalue weighted by Gasteiger charge is -2.19. The maximum absolute atomic E-state index is 13.1. The summed E-state index contributed by atoms with van der Waals surface area (Å²) in [6, 6.07) is 22.0. The Balaban J connectivity index is 1.64. The number of hydrogen-bond donors (Lipinski definition) is 0. The highest BCUT2D eigenvalue weighted by molar-refractivity contribution is 7.53. The Hall–Kier alpha value is -2.66. The molecule has 0 saturated heterocycles. The standard InChI is InChI=1S/C20H20NO5P/c22-20(21-13-7-8-14-21)24-17-27(23,25-15-18-9-3-1-4-10-18)26-16-19-11-5-2-6-12-19/h1-14H,15-17H2. The van der Waals surface area contributed by atoms with Gasteiger partial charge in [-0.25, -0.2) is 4.79 Å². The quantitative estimate of drug-likeness (QED) is 0.507. The summed E-state index contributed by atoms with van der Waals surface area (Å²) in [5.74, 6) is 0. The normalized spacial score (nSPS) is 11.3. The fraction of sp³-hybridized carbons (Fsp3) is 0.150. The number of carbonyl (C=O) groups excluding carboxylic acids is 1. The molecule has 1 heterocycles. The molecule has 0 spiro atoms. The first kappa shape index (κ1) is 19.1. The van der Waals surface area contributed by atoms with Crippen LogP contribution in [0.5, 0.6) is 0 Å². The second-order valence-electron chi connectivity index (χ2n) is 5.76. The predicted octanol–water partition coefficient (Wildman–Crippen LogP) is 5.06. The lowest BCUT2D eigenvalue weighted by molar-refractivity contribution is 0.135. The van der Waals surface area contributed by atoms with Gasteiger partial charge in [0.25, 0.3) is 0 Å². The van der Waals surface area contributed by atoms with Crippen LogP contribution in [0.3, 0.4) is 0 Å². The lowest BCUT2D eigenvalue weighted by Crippen LogP contribution is -2.14. The van der Waals surface area contributed by atoms with Gasteiger partial charge in [-0.2, -0.15) is 0 Å². The Bertz CT molecular complexity index is 834. The van der Waals surface area contributed by atoms with E-state index in [1.54, 1.807) is 24.5 Å². The molecule has 140 valence electrons. The van der Waals surface area contributed by atoms with Crippen molar-refractivity contribution in [3.63, 3.8) is 0 Å². The Morgan fingerprint density at radius 1 is 0.778 bits per heavy atom. The van der Waals surface area contributed by atoms with Gasteiger partial charge in [-0.1, -0.05) is 60.7 Å². The van der Waals surface area contributed by atoms with Gasteiger partial charge in [-0.3, -0.25) is 9.13 Å². The molecular formula is C20H20NO5P. The largest absolute Gasteiger partial charge is 0.436 e. The van der Waals surface area contributed by atoms with Crippen LogP contribution in [-0.2, 0) is 31.6 Å². The molecule has 0 bridgehead atoms. The average molecular weight is 385 g/mol. The lowest BCUT2D eigenvalue weighted by atomic mass is 10.2. The molecule has 3 rings (SSSR count). The summed E-state index contributed by atoms with van der Waals surface area (Å²) >= 11 is 0.